The zero-order valence-corrected chi connectivity index (χ0v) is 20.0. The second-order valence-corrected chi connectivity index (χ2v) is 12.5. The maximum Gasteiger partial charge on any atom is 0.501 e. The fraction of sp³-hybridized carbons (Fsp3) is 1.00. The number of ether oxygens (including phenoxy) is 2. The Bertz CT molecular complexity index is 418. The van der Waals surface area contributed by atoms with Gasteiger partial charge in [-0.1, -0.05) is 57.8 Å². The van der Waals surface area contributed by atoms with Crippen LogP contribution in [0.3, 0.4) is 0 Å². The third-order valence-corrected chi connectivity index (χ3v) is 10.2. The van der Waals surface area contributed by atoms with Gasteiger partial charge >= 0.3 is 8.80 Å². The summed E-state index contributed by atoms with van der Waals surface area (Å²) in [6.45, 7) is 2.34. The second kappa shape index (κ2) is 12.3. The van der Waals surface area contributed by atoms with Gasteiger partial charge in [-0.05, 0) is 44.9 Å². The van der Waals surface area contributed by atoms with Crippen molar-refractivity contribution in [3.8, 4) is 0 Å². The lowest BCUT2D eigenvalue weighted by Gasteiger charge is -2.41. The fourth-order valence-electron chi connectivity index (χ4n) is 5.34. The molecule has 0 amide bonds. The first kappa shape index (κ1) is 23.2. The van der Waals surface area contributed by atoms with Gasteiger partial charge < -0.3 is 22.8 Å². The number of rotatable bonds is 12. The lowest BCUT2D eigenvalue weighted by molar-refractivity contribution is -0.0420. The predicted molar refractivity (Wildman–Crippen MR) is 120 cm³/mol. The fourth-order valence-corrected chi connectivity index (χ4v) is 8.67. The van der Waals surface area contributed by atoms with Crippen molar-refractivity contribution >= 4 is 8.80 Å². The third kappa shape index (κ3) is 7.86. The highest BCUT2D eigenvalue weighted by Gasteiger charge is 2.47. The average Bonchev–Trinajstić information content (AvgIpc) is 3.60. The van der Waals surface area contributed by atoms with E-state index in [2.05, 4.69) is 0 Å². The van der Waals surface area contributed by atoms with Crippen molar-refractivity contribution in [1.82, 2.24) is 0 Å². The molecule has 1 saturated heterocycles. The minimum atomic E-state index is -2.73. The van der Waals surface area contributed by atoms with Crippen LogP contribution >= 0.6 is 0 Å². The summed E-state index contributed by atoms with van der Waals surface area (Å²) in [6.07, 6.45) is 21.1. The van der Waals surface area contributed by atoms with Gasteiger partial charge in [0.25, 0.3) is 0 Å². The minimum absolute atomic E-state index is 0.332. The van der Waals surface area contributed by atoms with Gasteiger partial charge in [-0.15, -0.1) is 0 Å². The Labute approximate surface area is 184 Å². The molecule has 1 atom stereocenters. The summed E-state index contributed by atoms with van der Waals surface area (Å²) in [5.41, 5.74) is 0. The molecule has 4 rings (SSSR count). The number of hydrogen-bond acceptors (Lipinski definition) is 5. The van der Waals surface area contributed by atoms with Gasteiger partial charge in [0.1, 0.15) is 6.10 Å². The smallest absolute Gasteiger partial charge is 0.379 e. The molecule has 4 fully saturated rings. The summed E-state index contributed by atoms with van der Waals surface area (Å²) < 4.78 is 31.9. The molecule has 4 aliphatic rings. The topological polar surface area (TPSA) is 49.5 Å². The Hall–Kier alpha value is 0.0169. The van der Waals surface area contributed by atoms with Gasteiger partial charge in [-0.3, -0.25) is 0 Å². The van der Waals surface area contributed by atoms with E-state index in [1.807, 2.05) is 0 Å². The van der Waals surface area contributed by atoms with Crippen LogP contribution in [0, 0.1) is 0 Å². The predicted octanol–water partition coefficient (Wildman–Crippen LogP) is 5.78. The van der Waals surface area contributed by atoms with Crippen LogP contribution in [0.2, 0.25) is 6.04 Å². The van der Waals surface area contributed by atoms with Gasteiger partial charge in [0, 0.05) is 31.0 Å². The first-order valence-electron chi connectivity index (χ1n) is 13.0. The molecular weight excluding hydrogens is 396 g/mol. The minimum Gasteiger partial charge on any atom is -0.379 e. The lowest BCUT2D eigenvalue weighted by atomic mass is 9.98. The Kier molecular flexibility index (Phi) is 9.51. The Morgan fingerprint density at radius 1 is 0.633 bits per heavy atom. The third-order valence-electron chi connectivity index (χ3n) is 7.17. The van der Waals surface area contributed by atoms with E-state index in [0.29, 0.717) is 24.4 Å². The molecule has 0 radical (unpaired) electrons. The van der Waals surface area contributed by atoms with Gasteiger partial charge in [-0.2, -0.15) is 0 Å². The maximum atomic E-state index is 6.94. The van der Waals surface area contributed by atoms with Gasteiger partial charge in [-0.25, -0.2) is 0 Å². The number of hydrogen-bond donors (Lipinski definition) is 0. The maximum absolute atomic E-state index is 6.94. The molecule has 0 aromatic rings. The van der Waals surface area contributed by atoms with Crippen LogP contribution in [0.5, 0.6) is 0 Å². The molecule has 3 aliphatic carbocycles. The number of epoxide rings is 1. The van der Waals surface area contributed by atoms with Crippen LogP contribution in [-0.2, 0) is 22.8 Å². The van der Waals surface area contributed by atoms with E-state index < -0.39 is 8.80 Å². The zero-order valence-electron chi connectivity index (χ0n) is 19.0. The summed E-state index contributed by atoms with van der Waals surface area (Å²) in [4.78, 5) is 0. The summed E-state index contributed by atoms with van der Waals surface area (Å²) >= 11 is 0. The molecule has 3 saturated carbocycles. The van der Waals surface area contributed by atoms with Crippen molar-refractivity contribution in [2.24, 2.45) is 0 Å². The second-order valence-electron chi connectivity index (χ2n) is 9.95. The molecule has 0 aromatic heterocycles. The average molecular weight is 441 g/mol. The van der Waals surface area contributed by atoms with Crippen LogP contribution in [-0.4, -0.2) is 53.0 Å². The summed E-state index contributed by atoms with van der Waals surface area (Å²) in [7, 11) is -2.73. The first-order chi connectivity index (χ1) is 14.8. The Morgan fingerprint density at radius 2 is 1.07 bits per heavy atom. The van der Waals surface area contributed by atoms with E-state index in [4.69, 9.17) is 22.8 Å². The van der Waals surface area contributed by atoms with Crippen LogP contribution in [0.4, 0.5) is 0 Å². The molecule has 6 heteroatoms. The van der Waals surface area contributed by atoms with Crippen molar-refractivity contribution in [2.75, 3.05) is 19.8 Å². The van der Waals surface area contributed by atoms with Gasteiger partial charge in [0.15, 0.2) is 0 Å². The first-order valence-corrected chi connectivity index (χ1v) is 15.0. The van der Waals surface area contributed by atoms with Gasteiger partial charge in [0.2, 0.25) is 0 Å². The van der Waals surface area contributed by atoms with Crippen molar-refractivity contribution in [1.29, 1.82) is 0 Å². The Balaban J connectivity index is 1.40. The molecule has 1 unspecified atom stereocenters. The van der Waals surface area contributed by atoms with E-state index >= 15 is 0 Å². The van der Waals surface area contributed by atoms with Crippen LogP contribution in [0.15, 0.2) is 0 Å². The zero-order chi connectivity index (χ0) is 20.5. The summed E-state index contributed by atoms with van der Waals surface area (Å²) in [5, 5.41) is 0. The van der Waals surface area contributed by atoms with Crippen molar-refractivity contribution in [3.05, 3.63) is 0 Å². The van der Waals surface area contributed by atoms with Crippen LogP contribution in [0.25, 0.3) is 0 Å². The van der Waals surface area contributed by atoms with Crippen LogP contribution in [0.1, 0.15) is 103 Å². The van der Waals surface area contributed by atoms with Crippen molar-refractivity contribution < 1.29 is 22.8 Å². The SMILES string of the molecule is C1CCC(O[Si](CCCOCC2CO2)(OC2CCCCC2)OC2CCCCC2)CC1. The highest BCUT2D eigenvalue weighted by Crippen LogP contribution is 2.34. The van der Waals surface area contributed by atoms with E-state index in [1.165, 1.54) is 96.3 Å². The molecule has 1 heterocycles. The highest BCUT2D eigenvalue weighted by molar-refractivity contribution is 6.60. The van der Waals surface area contributed by atoms with Gasteiger partial charge in [0.05, 0.1) is 13.2 Å². The highest BCUT2D eigenvalue weighted by atomic mass is 28.4. The summed E-state index contributed by atoms with van der Waals surface area (Å²) in [6, 6.07) is 0.905. The Morgan fingerprint density at radius 3 is 1.47 bits per heavy atom. The van der Waals surface area contributed by atoms with E-state index in [0.717, 1.165) is 32.3 Å². The summed E-state index contributed by atoms with van der Waals surface area (Å²) in [5.74, 6) is 0. The van der Waals surface area contributed by atoms with Crippen molar-refractivity contribution in [3.63, 3.8) is 0 Å². The van der Waals surface area contributed by atoms with Crippen molar-refractivity contribution in [2.45, 2.75) is 133 Å². The standard InChI is InChI=1S/C24H44O5Si/c1-4-11-21(12-5-1)27-30(28-22-13-6-2-7-14-22,29-23-15-8-3-9-16-23)18-10-17-25-19-24-20-26-24/h21-24H,1-20H2. The molecule has 5 nitrogen and oxygen atoms in total. The molecule has 0 bridgehead atoms. The molecule has 30 heavy (non-hydrogen) atoms. The molecule has 0 spiro atoms. The molecule has 0 aromatic carbocycles. The molecule has 174 valence electrons. The monoisotopic (exact) mass is 440 g/mol. The van der Waals surface area contributed by atoms with E-state index in [-0.39, 0.29) is 0 Å². The normalized spacial score (nSPS) is 27.4. The quantitative estimate of drug-likeness (QED) is 0.219. The largest absolute Gasteiger partial charge is 0.501 e. The van der Waals surface area contributed by atoms with E-state index in [9.17, 15) is 0 Å². The molecule has 1 aliphatic heterocycles. The van der Waals surface area contributed by atoms with Crippen LogP contribution < -0.4 is 0 Å². The molecule has 0 N–H and O–H groups in total. The molecular formula is C24H44O5Si. The van der Waals surface area contributed by atoms with E-state index in [1.54, 1.807) is 0 Å². The lowest BCUT2D eigenvalue weighted by Crippen LogP contribution is -2.53.